The van der Waals surface area contributed by atoms with Crippen molar-refractivity contribution in [1.82, 2.24) is 27.4 Å². The molecular formula is C93H63BN6. The lowest BCUT2D eigenvalue weighted by atomic mass is 9.35. The van der Waals surface area contributed by atoms with Crippen molar-refractivity contribution in [3.63, 3.8) is 0 Å². The fourth-order valence-electron chi connectivity index (χ4n) is 17.8. The number of hydrogen-bond acceptors (Lipinski definition) is 0. The summed E-state index contributed by atoms with van der Waals surface area (Å²) >= 11 is 0. The first-order valence-corrected chi connectivity index (χ1v) is 34.8. The predicted molar refractivity (Wildman–Crippen MR) is 424 cm³/mol. The summed E-state index contributed by atoms with van der Waals surface area (Å²) in [7, 11) is 0. The van der Waals surface area contributed by atoms with Gasteiger partial charge in [0, 0.05) is 98.8 Å². The highest BCUT2D eigenvalue weighted by Crippen LogP contribution is 2.46. The molecule has 21 aromatic rings. The molecule has 7 heteroatoms. The van der Waals surface area contributed by atoms with Gasteiger partial charge in [0.2, 0.25) is 6.71 Å². The zero-order valence-electron chi connectivity index (χ0n) is 55.4. The van der Waals surface area contributed by atoms with E-state index in [9.17, 15) is 0 Å². The van der Waals surface area contributed by atoms with Crippen LogP contribution in [0.3, 0.4) is 0 Å². The van der Waals surface area contributed by atoms with Gasteiger partial charge in [-0.3, -0.25) is 0 Å². The van der Waals surface area contributed by atoms with Gasteiger partial charge in [0.1, 0.15) is 0 Å². The smallest absolute Gasteiger partial charge is 0.241 e. The first-order valence-electron chi connectivity index (χ1n) is 34.8. The Labute approximate surface area is 577 Å². The Balaban J connectivity index is 0.820. The van der Waals surface area contributed by atoms with Gasteiger partial charge in [-0.05, 0) is 142 Å². The van der Waals surface area contributed by atoms with Gasteiger partial charge >= 0.3 is 0 Å². The number of para-hydroxylation sites is 8. The van der Waals surface area contributed by atoms with Gasteiger partial charge in [0.25, 0.3) is 0 Å². The molecule has 0 aliphatic heterocycles. The van der Waals surface area contributed by atoms with Crippen LogP contribution in [-0.4, -0.2) is 34.1 Å². The number of nitrogens with zero attached hydrogens (tertiary/aromatic N) is 6. The van der Waals surface area contributed by atoms with Gasteiger partial charge in [-0.15, -0.1) is 0 Å². The third-order valence-corrected chi connectivity index (χ3v) is 21.8. The minimum Gasteiger partial charge on any atom is -0.309 e. The lowest BCUT2D eigenvalue weighted by molar-refractivity contribution is 1.15. The molecule has 0 radical (unpaired) electrons. The van der Waals surface area contributed by atoms with E-state index in [1.807, 2.05) is 0 Å². The van der Waals surface area contributed by atoms with Crippen molar-refractivity contribution in [3.05, 3.63) is 344 Å². The van der Waals surface area contributed by atoms with Crippen LogP contribution in [0.5, 0.6) is 0 Å². The van der Waals surface area contributed by atoms with E-state index in [4.69, 9.17) is 0 Å². The summed E-state index contributed by atoms with van der Waals surface area (Å²) in [6.07, 6.45) is 0. The molecule has 0 spiro atoms. The van der Waals surface area contributed by atoms with Gasteiger partial charge in [-0.25, -0.2) is 0 Å². The molecule has 6 nitrogen and oxygen atoms in total. The normalized spacial score (nSPS) is 12.2. The standard InChI is InChI=1S/C93H63BN6/c1-58-52-59(2)89(60(3)53-58)94(61-40-48-85-77(54-61)79-56-67(42-50-87(79)95(85)63-24-8-4-9-25-63)99-83-38-22-18-34-71(83)75-46-44-73-69-32-16-20-36-81(69)97(90(73)92(75)99)65-28-12-6-13-29-65)62-41-49-86-78(55-62)80-57-68(43-51-88(80)96(86)64-26-10-5-11-27-64)100-84-39-23-19-35-72(84)76-47-45-74-70-33-17-21-37-82(70)98(91(74)93(76)100)66-30-14-7-15-31-66/h4-57H,1-3H3. The number of benzene rings is 15. The van der Waals surface area contributed by atoms with E-state index in [2.05, 4.69) is 376 Å². The molecule has 15 aromatic carbocycles. The molecule has 468 valence electrons. The number of aromatic nitrogens is 6. The monoisotopic (exact) mass is 1270 g/mol. The Morgan fingerprint density at radius 3 is 0.780 bits per heavy atom. The molecule has 0 saturated carbocycles. The molecule has 0 fully saturated rings. The molecule has 0 N–H and O–H groups in total. The highest BCUT2D eigenvalue weighted by Gasteiger charge is 2.30. The number of aryl methyl sites for hydroxylation is 3. The van der Waals surface area contributed by atoms with Crippen LogP contribution in [0.1, 0.15) is 16.7 Å². The Kier molecular flexibility index (Phi) is 12.2. The number of fused-ring (bicyclic) bond motifs is 20. The van der Waals surface area contributed by atoms with E-state index in [-0.39, 0.29) is 6.71 Å². The van der Waals surface area contributed by atoms with Crippen molar-refractivity contribution in [3.8, 4) is 34.1 Å². The third-order valence-electron chi connectivity index (χ3n) is 21.8. The lowest BCUT2D eigenvalue weighted by Crippen LogP contribution is -2.54. The Morgan fingerprint density at radius 1 is 0.190 bits per heavy atom. The summed E-state index contributed by atoms with van der Waals surface area (Å²) in [5.74, 6) is 0. The molecule has 0 aliphatic carbocycles. The molecule has 0 atom stereocenters. The minimum atomic E-state index is -0.137. The van der Waals surface area contributed by atoms with Gasteiger partial charge < -0.3 is 27.4 Å². The zero-order chi connectivity index (χ0) is 66.0. The summed E-state index contributed by atoms with van der Waals surface area (Å²) < 4.78 is 15.0. The maximum Gasteiger partial charge on any atom is 0.241 e. The Bertz CT molecular complexity index is 6560. The number of hydrogen-bond donors (Lipinski definition) is 0. The molecule has 0 saturated heterocycles. The fourth-order valence-corrected chi connectivity index (χ4v) is 17.8. The van der Waals surface area contributed by atoms with Crippen molar-refractivity contribution in [2.24, 2.45) is 0 Å². The average Bonchev–Trinajstić information content (AvgIpc) is 1.55. The molecule has 0 amide bonds. The summed E-state index contributed by atoms with van der Waals surface area (Å²) in [5.41, 5.74) is 28.5. The Hall–Kier alpha value is -12.8. The predicted octanol–water partition coefficient (Wildman–Crippen LogP) is 21.7. The Morgan fingerprint density at radius 2 is 0.450 bits per heavy atom. The molecule has 100 heavy (non-hydrogen) atoms. The van der Waals surface area contributed by atoms with Crippen molar-refractivity contribution in [2.45, 2.75) is 20.8 Å². The summed E-state index contributed by atoms with van der Waals surface area (Å²) in [4.78, 5) is 0. The van der Waals surface area contributed by atoms with E-state index >= 15 is 0 Å². The van der Waals surface area contributed by atoms with E-state index in [0.717, 1.165) is 56.2 Å². The molecule has 21 rings (SSSR count). The SMILES string of the molecule is Cc1cc(C)c(B(c2ccc3c(c2)c2cc(-n4c5ccccc5c5ccc6c7ccccc7n(-c7ccccc7)c6c54)ccc2n3-c2ccccc2)c2ccc3c(c2)c2cc(-n4c5ccccc5c5ccc6c7ccccc7n(-c7ccccc7)c6c54)ccc2n3-c2ccccc2)c(C)c1. The van der Waals surface area contributed by atoms with Gasteiger partial charge in [0.05, 0.1) is 66.2 Å². The van der Waals surface area contributed by atoms with Crippen LogP contribution < -0.4 is 16.4 Å². The molecule has 6 aromatic heterocycles. The van der Waals surface area contributed by atoms with Crippen molar-refractivity contribution >= 4 is 154 Å². The first kappa shape index (κ1) is 56.4. The van der Waals surface area contributed by atoms with E-state index in [1.54, 1.807) is 0 Å². The van der Waals surface area contributed by atoms with E-state index in [0.29, 0.717) is 0 Å². The average molecular weight is 1280 g/mol. The number of rotatable bonds is 9. The highest BCUT2D eigenvalue weighted by molar-refractivity contribution is 6.96. The third kappa shape index (κ3) is 8.08. The first-order chi connectivity index (χ1) is 49.4. The van der Waals surface area contributed by atoms with Crippen LogP contribution in [0.15, 0.2) is 328 Å². The van der Waals surface area contributed by atoms with Crippen molar-refractivity contribution in [1.29, 1.82) is 0 Å². The topological polar surface area (TPSA) is 29.6 Å². The van der Waals surface area contributed by atoms with Crippen LogP contribution >= 0.6 is 0 Å². The lowest BCUT2D eigenvalue weighted by Gasteiger charge is -2.21. The summed E-state index contributed by atoms with van der Waals surface area (Å²) in [5, 5.41) is 14.6. The summed E-state index contributed by atoms with van der Waals surface area (Å²) in [6, 6.07) is 123. The fraction of sp³-hybridized carbons (Fsp3) is 0.0323. The largest absolute Gasteiger partial charge is 0.309 e. The van der Waals surface area contributed by atoms with Crippen molar-refractivity contribution in [2.75, 3.05) is 0 Å². The van der Waals surface area contributed by atoms with Crippen LogP contribution in [0.4, 0.5) is 0 Å². The van der Waals surface area contributed by atoms with Gasteiger partial charge in [-0.2, -0.15) is 0 Å². The zero-order valence-corrected chi connectivity index (χ0v) is 55.4. The van der Waals surface area contributed by atoms with E-state index in [1.165, 1.54) is 142 Å². The van der Waals surface area contributed by atoms with Crippen molar-refractivity contribution < 1.29 is 0 Å². The molecule has 0 aliphatic rings. The second kappa shape index (κ2) is 21.6. The second-order valence-corrected chi connectivity index (χ2v) is 27.3. The van der Waals surface area contributed by atoms with Crippen LogP contribution in [0.2, 0.25) is 0 Å². The van der Waals surface area contributed by atoms with Crippen LogP contribution in [0.25, 0.3) is 165 Å². The maximum atomic E-state index is 2.54. The van der Waals surface area contributed by atoms with Gasteiger partial charge in [0.15, 0.2) is 0 Å². The molecule has 0 unspecified atom stereocenters. The minimum absolute atomic E-state index is 0.137. The molecular weight excluding hydrogens is 1210 g/mol. The van der Waals surface area contributed by atoms with Gasteiger partial charge in [-0.1, -0.05) is 239 Å². The molecule has 0 bridgehead atoms. The highest BCUT2D eigenvalue weighted by atomic mass is 15.1. The molecule has 6 heterocycles. The maximum absolute atomic E-state index is 2.54. The van der Waals surface area contributed by atoms with Crippen LogP contribution in [0, 0.1) is 20.8 Å². The second-order valence-electron chi connectivity index (χ2n) is 27.3. The summed E-state index contributed by atoms with van der Waals surface area (Å²) in [6.45, 7) is 6.73. The van der Waals surface area contributed by atoms with E-state index < -0.39 is 0 Å². The quantitative estimate of drug-likeness (QED) is 0.129. The van der Waals surface area contributed by atoms with Crippen LogP contribution in [-0.2, 0) is 0 Å².